The van der Waals surface area contributed by atoms with E-state index in [2.05, 4.69) is 30.2 Å². The van der Waals surface area contributed by atoms with Crippen molar-refractivity contribution < 1.29 is 14.3 Å². The number of hydrogen-bond donors (Lipinski definition) is 0. The van der Waals surface area contributed by atoms with Gasteiger partial charge < -0.3 is 14.5 Å². The Balaban J connectivity index is 1.85. The van der Waals surface area contributed by atoms with E-state index in [1.807, 2.05) is 28.0 Å². The van der Waals surface area contributed by atoms with Gasteiger partial charge in [0.05, 0.1) is 18.9 Å². The fraction of sp³-hybridized carbons (Fsp3) is 0.391. The largest absolute Gasteiger partial charge is 0.384 e. The fourth-order valence-electron chi connectivity index (χ4n) is 3.74. The highest BCUT2D eigenvalue weighted by Gasteiger charge is 2.32. The summed E-state index contributed by atoms with van der Waals surface area (Å²) in [4.78, 5) is 30.7. The maximum Gasteiger partial charge on any atom is 0.228 e. The Kier molecular flexibility index (Phi) is 7.61. The van der Waals surface area contributed by atoms with E-state index in [4.69, 9.17) is 4.74 Å². The molecule has 2 aromatic rings. The van der Waals surface area contributed by atoms with Crippen molar-refractivity contribution in [1.82, 2.24) is 9.80 Å². The average Bonchev–Trinajstić information content (AvgIpc) is 3.22. The van der Waals surface area contributed by atoms with Gasteiger partial charge in [-0.3, -0.25) is 9.59 Å². The van der Waals surface area contributed by atoms with Crippen molar-refractivity contribution in [2.45, 2.75) is 12.8 Å². The number of thiophene rings is 1. The molecule has 6 heteroatoms. The lowest BCUT2D eigenvalue weighted by Crippen LogP contribution is -2.38. The molecule has 1 aromatic heterocycles. The molecule has 1 unspecified atom stereocenters. The molecule has 29 heavy (non-hydrogen) atoms. The average molecular weight is 413 g/mol. The zero-order valence-corrected chi connectivity index (χ0v) is 17.7. The van der Waals surface area contributed by atoms with Crippen LogP contribution >= 0.6 is 11.3 Å². The highest BCUT2D eigenvalue weighted by Crippen LogP contribution is 2.30. The third-order valence-electron chi connectivity index (χ3n) is 5.23. The Morgan fingerprint density at radius 3 is 2.83 bits per heavy atom. The van der Waals surface area contributed by atoms with Gasteiger partial charge in [0.25, 0.3) is 0 Å². The first kappa shape index (κ1) is 21.3. The second-order valence-electron chi connectivity index (χ2n) is 7.19. The van der Waals surface area contributed by atoms with Gasteiger partial charge in [0.2, 0.25) is 11.8 Å². The summed E-state index contributed by atoms with van der Waals surface area (Å²) in [5.74, 6) is -0.144. The summed E-state index contributed by atoms with van der Waals surface area (Å²) >= 11 is 1.69. The molecule has 0 spiro atoms. The maximum absolute atomic E-state index is 13.2. The molecule has 0 bridgehead atoms. The second-order valence-corrected chi connectivity index (χ2v) is 8.14. The van der Waals surface area contributed by atoms with Crippen LogP contribution in [-0.2, 0) is 20.7 Å². The molecule has 0 aliphatic carbocycles. The predicted molar refractivity (Wildman–Crippen MR) is 117 cm³/mol. The van der Waals surface area contributed by atoms with E-state index in [0.29, 0.717) is 45.6 Å². The van der Waals surface area contributed by atoms with E-state index in [1.165, 1.54) is 4.88 Å². The summed E-state index contributed by atoms with van der Waals surface area (Å²) < 4.78 is 5.06. The summed E-state index contributed by atoms with van der Waals surface area (Å²) in [5, 5.41) is 2.06. The van der Waals surface area contributed by atoms with E-state index < -0.39 is 0 Å². The van der Waals surface area contributed by atoms with Crippen LogP contribution in [0.4, 0.5) is 0 Å². The number of benzene rings is 1. The van der Waals surface area contributed by atoms with Gasteiger partial charge in [0.15, 0.2) is 0 Å². The molecule has 1 saturated heterocycles. The van der Waals surface area contributed by atoms with Crippen LogP contribution in [0.5, 0.6) is 0 Å². The summed E-state index contributed by atoms with van der Waals surface area (Å²) in [6.07, 6.45) is 2.69. The second kappa shape index (κ2) is 10.4. The molecular weight excluding hydrogens is 384 g/mol. The quantitative estimate of drug-likeness (QED) is 0.624. The first-order valence-corrected chi connectivity index (χ1v) is 10.8. The van der Waals surface area contributed by atoms with Crippen LogP contribution in [0.15, 0.2) is 54.4 Å². The third kappa shape index (κ3) is 5.34. The Hall–Kier alpha value is -2.44. The first-order chi connectivity index (χ1) is 14.1. The molecule has 1 fully saturated rings. The standard InChI is InChI=1S/C23H28N2O3S/c1-3-11-24-12-13-25(22(26)10-14-28-2)17-19(23(24)27)16-18-7-4-5-8-20(18)21-9-6-15-29-21/h3-9,15,19H,1,10-14,16-17H2,2H3. The van der Waals surface area contributed by atoms with Crippen LogP contribution < -0.4 is 0 Å². The van der Waals surface area contributed by atoms with Crippen molar-refractivity contribution in [1.29, 1.82) is 0 Å². The van der Waals surface area contributed by atoms with Crippen molar-refractivity contribution >= 4 is 23.2 Å². The molecule has 0 N–H and O–H groups in total. The number of rotatable bonds is 8. The highest BCUT2D eigenvalue weighted by atomic mass is 32.1. The van der Waals surface area contributed by atoms with Crippen LogP contribution in [0.1, 0.15) is 12.0 Å². The van der Waals surface area contributed by atoms with Crippen molar-refractivity contribution in [2.24, 2.45) is 5.92 Å². The number of hydrogen-bond acceptors (Lipinski definition) is 4. The monoisotopic (exact) mass is 412 g/mol. The number of ether oxygens (including phenoxy) is 1. The number of carbonyl (C=O) groups excluding carboxylic acids is 2. The molecule has 3 rings (SSSR count). The summed E-state index contributed by atoms with van der Waals surface area (Å²) in [5.41, 5.74) is 2.30. The van der Waals surface area contributed by atoms with E-state index in [9.17, 15) is 9.59 Å². The van der Waals surface area contributed by atoms with Gasteiger partial charge in [-0.05, 0) is 29.0 Å². The number of methoxy groups -OCH3 is 1. The number of nitrogens with zero attached hydrogens (tertiary/aromatic N) is 2. The Morgan fingerprint density at radius 2 is 2.10 bits per heavy atom. The minimum Gasteiger partial charge on any atom is -0.384 e. The summed E-state index contributed by atoms with van der Waals surface area (Å²) in [6, 6.07) is 12.4. The van der Waals surface area contributed by atoms with E-state index in [1.54, 1.807) is 24.5 Å². The van der Waals surface area contributed by atoms with E-state index in [0.717, 1.165) is 11.1 Å². The Labute approximate surface area is 176 Å². The number of amides is 2. The lowest BCUT2D eigenvalue weighted by molar-refractivity contribution is -0.134. The minimum absolute atomic E-state index is 0.0386. The molecule has 2 amide bonds. The molecular formula is C23H28N2O3S. The molecule has 0 radical (unpaired) electrons. The third-order valence-corrected chi connectivity index (χ3v) is 6.14. The fourth-order valence-corrected chi connectivity index (χ4v) is 4.53. The Morgan fingerprint density at radius 1 is 1.28 bits per heavy atom. The molecule has 0 saturated carbocycles. The highest BCUT2D eigenvalue weighted by molar-refractivity contribution is 7.13. The van der Waals surface area contributed by atoms with Crippen LogP contribution in [0.25, 0.3) is 10.4 Å². The molecule has 1 aromatic carbocycles. The van der Waals surface area contributed by atoms with Crippen molar-refractivity contribution in [3.05, 3.63) is 60.0 Å². The molecule has 1 aliphatic rings. The van der Waals surface area contributed by atoms with Crippen LogP contribution in [0.2, 0.25) is 0 Å². The first-order valence-electron chi connectivity index (χ1n) is 9.92. The normalized spacial score (nSPS) is 17.3. The lowest BCUT2D eigenvalue weighted by atomic mass is 9.93. The van der Waals surface area contributed by atoms with E-state index >= 15 is 0 Å². The van der Waals surface area contributed by atoms with Gasteiger partial charge in [0, 0.05) is 38.2 Å². The maximum atomic E-state index is 13.2. The van der Waals surface area contributed by atoms with Crippen LogP contribution in [-0.4, -0.2) is 61.5 Å². The zero-order chi connectivity index (χ0) is 20.6. The van der Waals surface area contributed by atoms with E-state index in [-0.39, 0.29) is 17.7 Å². The SMILES string of the molecule is C=CCN1CCN(C(=O)CCOC)CC(Cc2ccccc2-c2cccs2)C1=O. The van der Waals surface area contributed by atoms with Crippen LogP contribution in [0.3, 0.4) is 0 Å². The molecule has 154 valence electrons. The molecule has 1 atom stereocenters. The van der Waals surface area contributed by atoms with Gasteiger partial charge in [0.1, 0.15) is 0 Å². The van der Waals surface area contributed by atoms with Gasteiger partial charge in [-0.1, -0.05) is 36.4 Å². The van der Waals surface area contributed by atoms with Gasteiger partial charge in [-0.25, -0.2) is 0 Å². The molecule has 5 nitrogen and oxygen atoms in total. The van der Waals surface area contributed by atoms with Crippen LogP contribution in [0, 0.1) is 5.92 Å². The topological polar surface area (TPSA) is 49.9 Å². The molecule has 1 aliphatic heterocycles. The smallest absolute Gasteiger partial charge is 0.228 e. The molecule has 2 heterocycles. The van der Waals surface area contributed by atoms with Gasteiger partial charge in [-0.2, -0.15) is 0 Å². The lowest BCUT2D eigenvalue weighted by Gasteiger charge is -2.24. The zero-order valence-electron chi connectivity index (χ0n) is 16.9. The Bertz CT molecular complexity index is 834. The van der Waals surface area contributed by atoms with Crippen molar-refractivity contribution in [2.75, 3.05) is 39.9 Å². The minimum atomic E-state index is -0.273. The number of carbonyl (C=O) groups is 2. The summed E-state index contributed by atoms with van der Waals surface area (Å²) in [6.45, 7) is 6.20. The van der Waals surface area contributed by atoms with Gasteiger partial charge >= 0.3 is 0 Å². The van der Waals surface area contributed by atoms with Gasteiger partial charge in [-0.15, -0.1) is 17.9 Å². The van der Waals surface area contributed by atoms with Crippen molar-refractivity contribution in [3.8, 4) is 10.4 Å². The summed E-state index contributed by atoms with van der Waals surface area (Å²) in [7, 11) is 1.59. The predicted octanol–water partition coefficient (Wildman–Crippen LogP) is 3.47. The van der Waals surface area contributed by atoms with Crippen molar-refractivity contribution in [3.63, 3.8) is 0 Å².